The smallest absolute Gasteiger partial charge is 0.326 e. The molecule has 0 aliphatic carbocycles. The highest BCUT2D eigenvalue weighted by atomic mass is 35.5. The van der Waals surface area contributed by atoms with E-state index in [-0.39, 0.29) is 24.0 Å². The summed E-state index contributed by atoms with van der Waals surface area (Å²) in [6.07, 6.45) is 0. The highest BCUT2D eigenvalue weighted by molar-refractivity contribution is 5.92. The summed E-state index contributed by atoms with van der Waals surface area (Å²) in [6, 6.07) is 1.10. The zero-order chi connectivity index (χ0) is 11.5. The van der Waals surface area contributed by atoms with Crippen LogP contribution in [0, 0.1) is 0 Å². The topological polar surface area (TPSA) is 98.1 Å². The van der Waals surface area contributed by atoms with Gasteiger partial charge in [-0.15, -0.1) is 12.4 Å². The second-order valence-corrected chi connectivity index (χ2v) is 3.54. The van der Waals surface area contributed by atoms with E-state index in [1.165, 1.54) is 0 Å². The van der Waals surface area contributed by atoms with Crippen LogP contribution in [0.15, 0.2) is 15.7 Å². The summed E-state index contributed by atoms with van der Waals surface area (Å²) >= 11 is 0. The Labute approximate surface area is 103 Å². The molecule has 1 fully saturated rings. The van der Waals surface area contributed by atoms with Crippen molar-refractivity contribution in [3.63, 3.8) is 0 Å². The van der Waals surface area contributed by atoms with Gasteiger partial charge in [-0.25, -0.2) is 4.79 Å². The van der Waals surface area contributed by atoms with Gasteiger partial charge in [-0.2, -0.15) is 0 Å². The van der Waals surface area contributed by atoms with Gasteiger partial charge in [0.05, 0.1) is 0 Å². The molecule has 1 aromatic heterocycles. The molecule has 0 unspecified atom stereocenters. The SMILES string of the molecule is Cl.O=C(c1cc(=O)[nH]c(=O)[nH]1)N1CCNCC1. The Morgan fingerprint density at radius 2 is 1.82 bits per heavy atom. The number of hydrogen-bond donors (Lipinski definition) is 3. The minimum atomic E-state index is -0.661. The molecule has 0 aromatic carbocycles. The Morgan fingerprint density at radius 3 is 2.41 bits per heavy atom. The van der Waals surface area contributed by atoms with E-state index >= 15 is 0 Å². The average Bonchev–Trinajstić information content (AvgIpc) is 2.28. The third-order valence-electron chi connectivity index (χ3n) is 2.39. The highest BCUT2D eigenvalue weighted by Gasteiger charge is 2.18. The number of piperazine rings is 1. The van der Waals surface area contributed by atoms with Crippen molar-refractivity contribution in [2.24, 2.45) is 0 Å². The molecule has 1 saturated heterocycles. The summed E-state index contributed by atoms with van der Waals surface area (Å²) in [4.78, 5) is 39.9. The lowest BCUT2D eigenvalue weighted by Gasteiger charge is -2.27. The molecule has 8 heteroatoms. The predicted octanol–water partition coefficient (Wildman–Crippen LogP) is -1.47. The molecule has 1 aliphatic rings. The van der Waals surface area contributed by atoms with Gasteiger partial charge in [0.15, 0.2) is 0 Å². The van der Waals surface area contributed by atoms with Gasteiger partial charge in [-0.3, -0.25) is 14.6 Å². The van der Waals surface area contributed by atoms with E-state index in [0.717, 1.165) is 19.2 Å². The molecule has 1 aliphatic heterocycles. The maximum absolute atomic E-state index is 11.9. The molecule has 2 rings (SSSR count). The van der Waals surface area contributed by atoms with Crippen LogP contribution in [0.25, 0.3) is 0 Å². The van der Waals surface area contributed by atoms with Crippen LogP contribution in [0.4, 0.5) is 0 Å². The van der Waals surface area contributed by atoms with Crippen molar-refractivity contribution in [2.45, 2.75) is 0 Å². The Kier molecular flexibility index (Phi) is 4.47. The van der Waals surface area contributed by atoms with Gasteiger partial charge in [0, 0.05) is 32.2 Å². The monoisotopic (exact) mass is 260 g/mol. The fourth-order valence-corrected chi connectivity index (χ4v) is 1.62. The maximum Gasteiger partial charge on any atom is 0.326 e. The van der Waals surface area contributed by atoms with Crippen LogP contribution in [0.3, 0.4) is 0 Å². The Balaban J connectivity index is 0.00000144. The highest BCUT2D eigenvalue weighted by Crippen LogP contribution is 1.99. The van der Waals surface area contributed by atoms with Crippen molar-refractivity contribution in [1.29, 1.82) is 0 Å². The molecular formula is C9H13ClN4O3. The molecule has 2 heterocycles. The molecule has 7 nitrogen and oxygen atoms in total. The summed E-state index contributed by atoms with van der Waals surface area (Å²) in [5, 5.41) is 3.11. The van der Waals surface area contributed by atoms with E-state index in [1.54, 1.807) is 4.90 Å². The Morgan fingerprint density at radius 1 is 1.18 bits per heavy atom. The van der Waals surface area contributed by atoms with E-state index < -0.39 is 11.2 Å². The number of hydrogen-bond acceptors (Lipinski definition) is 4. The Bertz CT molecular complexity index is 475. The zero-order valence-corrected chi connectivity index (χ0v) is 9.80. The van der Waals surface area contributed by atoms with Gasteiger partial charge in [-0.1, -0.05) is 0 Å². The number of amides is 1. The number of H-pyrrole nitrogens is 2. The molecule has 0 radical (unpaired) electrons. The van der Waals surface area contributed by atoms with E-state index in [9.17, 15) is 14.4 Å². The fourth-order valence-electron chi connectivity index (χ4n) is 1.62. The van der Waals surface area contributed by atoms with E-state index in [0.29, 0.717) is 13.1 Å². The molecular weight excluding hydrogens is 248 g/mol. The minimum absolute atomic E-state index is 0. The second-order valence-electron chi connectivity index (χ2n) is 3.54. The molecule has 17 heavy (non-hydrogen) atoms. The summed E-state index contributed by atoms with van der Waals surface area (Å²) in [7, 11) is 0. The summed E-state index contributed by atoms with van der Waals surface area (Å²) in [5.41, 5.74) is -1.19. The van der Waals surface area contributed by atoms with Crippen LogP contribution in [0.5, 0.6) is 0 Å². The van der Waals surface area contributed by atoms with Crippen molar-refractivity contribution >= 4 is 18.3 Å². The van der Waals surface area contributed by atoms with Gasteiger partial charge in [0.25, 0.3) is 11.5 Å². The van der Waals surface area contributed by atoms with Crippen molar-refractivity contribution < 1.29 is 4.79 Å². The normalized spacial score (nSPS) is 15.2. The second kappa shape index (κ2) is 5.65. The molecule has 0 saturated carbocycles. The number of aromatic amines is 2. The fraction of sp³-hybridized carbons (Fsp3) is 0.444. The first-order chi connectivity index (χ1) is 7.66. The standard InChI is InChI=1S/C9H12N4O3.ClH/c14-7-5-6(11-9(16)12-7)8(15)13-3-1-10-2-4-13;/h5,10H,1-4H2,(H2,11,12,14,16);1H. The number of carbonyl (C=O) groups is 1. The molecule has 1 aromatic rings. The zero-order valence-electron chi connectivity index (χ0n) is 8.99. The molecule has 0 spiro atoms. The summed E-state index contributed by atoms with van der Waals surface area (Å²) in [6.45, 7) is 2.60. The van der Waals surface area contributed by atoms with Crippen molar-refractivity contribution in [3.05, 3.63) is 32.6 Å². The van der Waals surface area contributed by atoms with Crippen LogP contribution >= 0.6 is 12.4 Å². The van der Waals surface area contributed by atoms with Crippen molar-refractivity contribution in [2.75, 3.05) is 26.2 Å². The average molecular weight is 261 g/mol. The first kappa shape index (κ1) is 13.5. The first-order valence-electron chi connectivity index (χ1n) is 5.00. The van der Waals surface area contributed by atoms with Crippen LogP contribution in [-0.4, -0.2) is 47.0 Å². The predicted molar refractivity (Wildman–Crippen MR) is 63.7 cm³/mol. The number of nitrogens with zero attached hydrogens (tertiary/aromatic N) is 1. The lowest BCUT2D eigenvalue weighted by atomic mass is 10.3. The van der Waals surface area contributed by atoms with Crippen molar-refractivity contribution in [1.82, 2.24) is 20.2 Å². The van der Waals surface area contributed by atoms with Gasteiger partial charge in [0.1, 0.15) is 5.69 Å². The first-order valence-corrected chi connectivity index (χ1v) is 5.00. The van der Waals surface area contributed by atoms with Crippen LogP contribution in [0.1, 0.15) is 10.5 Å². The van der Waals surface area contributed by atoms with E-state index in [1.807, 2.05) is 4.98 Å². The number of nitrogens with one attached hydrogen (secondary N) is 3. The molecule has 94 valence electrons. The lowest BCUT2D eigenvalue weighted by molar-refractivity contribution is 0.0729. The third kappa shape index (κ3) is 3.18. The molecule has 0 atom stereocenters. The van der Waals surface area contributed by atoms with E-state index in [4.69, 9.17) is 0 Å². The third-order valence-corrected chi connectivity index (χ3v) is 2.39. The quantitative estimate of drug-likeness (QED) is 0.574. The van der Waals surface area contributed by atoms with Gasteiger partial charge < -0.3 is 15.2 Å². The lowest BCUT2D eigenvalue weighted by Crippen LogP contribution is -2.47. The van der Waals surface area contributed by atoms with Crippen molar-refractivity contribution in [3.8, 4) is 0 Å². The van der Waals surface area contributed by atoms with Gasteiger partial charge >= 0.3 is 5.69 Å². The maximum atomic E-state index is 11.9. The van der Waals surface area contributed by atoms with Gasteiger partial charge in [-0.05, 0) is 0 Å². The number of rotatable bonds is 1. The van der Waals surface area contributed by atoms with Crippen LogP contribution in [0.2, 0.25) is 0 Å². The van der Waals surface area contributed by atoms with Gasteiger partial charge in [0.2, 0.25) is 0 Å². The number of carbonyl (C=O) groups excluding carboxylic acids is 1. The van der Waals surface area contributed by atoms with Crippen LogP contribution in [-0.2, 0) is 0 Å². The molecule has 1 amide bonds. The summed E-state index contributed by atoms with van der Waals surface area (Å²) in [5.74, 6) is -0.315. The molecule has 3 N–H and O–H groups in total. The largest absolute Gasteiger partial charge is 0.335 e. The van der Waals surface area contributed by atoms with E-state index in [2.05, 4.69) is 10.3 Å². The number of halogens is 1. The van der Waals surface area contributed by atoms with Crippen LogP contribution < -0.4 is 16.6 Å². The number of aromatic nitrogens is 2. The molecule has 0 bridgehead atoms. The Hall–Kier alpha value is -1.60. The summed E-state index contributed by atoms with van der Waals surface area (Å²) < 4.78 is 0. The minimum Gasteiger partial charge on any atom is -0.335 e.